The zero-order valence-electron chi connectivity index (χ0n) is 9.07. The summed E-state index contributed by atoms with van der Waals surface area (Å²) in [6.45, 7) is 4.23. The van der Waals surface area contributed by atoms with Gasteiger partial charge in [-0.25, -0.2) is 0 Å². The molecule has 0 atom stereocenters. The van der Waals surface area contributed by atoms with Crippen LogP contribution >= 0.6 is 0 Å². The van der Waals surface area contributed by atoms with Crippen molar-refractivity contribution in [2.75, 3.05) is 0 Å². The first-order valence-corrected chi connectivity index (χ1v) is 5.16. The number of alkyl halides is 2. The summed E-state index contributed by atoms with van der Waals surface area (Å²) >= 11 is 0. The van der Waals surface area contributed by atoms with E-state index in [0.717, 1.165) is 19.3 Å². The Labute approximate surface area is 83.9 Å². The van der Waals surface area contributed by atoms with Crippen LogP contribution in [0.15, 0.2) is 0 Å². The van der Waals surface area contributed by atoms with E-state index in [1.54, 1.807) is 0 Å². The lowest BCUT2D eigenvalue weighted by Gasteiger charge is -2.32. The maximum absolute atomic E-state index is 13.5. The summed E-state index contributed by atoms with van der Waals surface area (Å²) in [5, 5.41) is 0. The Hall–Kier alpha value is -0.470. The van der Waals surface area contributed by atoms with Gasteiger partial charge in [0, 0.05) is 11.8 Å². The van der Waals surface area contributed by atoms with Crippen molar-refractivity contribution in [3.8, 4) is 0 Å². The minimum absolute atomic E-state index is 0.0598. The molecule has 1 nitrogen and oxygen atoms in total. The molecule has 14 heavy (non-hydrogen) atoms. The van der Waals surface area contributed by atoms with E-state index in [1.807, 2.05) is 0 Å². The van der Waals surface area contributed by atoms with Crippen LogP contribution in [0.1, 0.15) is 46.5 Å². The van der Waals surface area contributed by atoms with Gasteiger partial charge in [0.1, 0.15) is 0 Å². The quantitative estimate of drug-likeness (QED) is 0.688. The van der Waals surface area contributed by atoms with Crippen LogP contribution in [0.4, 0.5) is 8.78 Å². The van der Waals surface area contributed by atoms with E-state index < -0.39 is 17.1 Å². The number of Topliss-reactive ketones (excluding diaryl/α,β-unsaturated/α-hetero) is 1. The van der Waals surface area contributed by atoms with Gasteiger partial charge in [-0.15, -0.1) is 0 Å². The van der Waals surface area contributed by atoms with Gasteiger partial charge >= 0.3 is 5.92 Å². The van der Waals surface area contributed by atoms with E-state index in [0.29, 0.717) is 0 Å². The molecule has 0 aromatic rings. The standard InChI is InChI=1S/C11H18F2O/c1-10(2,3)11(12,13)9(14)7-8-5-4-6-8/h8H,4-7H2,1-3H3. The highest BCUT2D eigenvalue weighted by atomic mass is 19.3. The second kappa shape index (κ2) is 3.59. The summed E-state index contributed by atoms with van der Waals surface area (Å²) < 4.78 is 27.0. The highest BCUT2D eigenvalue weighted by molar-refractivity contribution is 5.86. The second-order valence-corrected chi connectivity index (χ2v) is 5.25. The highest BCUT2D eigenvalue weighted by Gasteiger charge is 2.50. The molecule has 82 valence electrons. The van der Waals surface area contributed by atoms with Crippen molar-refractivity contribution in [1.82, 2.24) is 0 Å². The Morgan fingerprint density at radius 1 is 1.29 bits per heavy atom. The van der Waals surface area contributed by atoms with Crippen LogP contribution in [0.3, 0.4) is 0 Å². The molecule has 0 amide bonds. The second-order valence-electron chi connectivity index (χ2n) is 5.25. The lowest BCUT2D eigenvalue weighted by atomic mass is 9.77. The van der Waals surface area contributed by atoms with Gasteiger partial charge < -0.3 is 0 Å². The monoisotopic (exact) mass is 204 g/mol. The van der Waals surface area contributed by atoms with E-state index in [2.05, 4.69) is 0 Å². The molecule has 0 spiro atoms. The third-order valence-electron chi connectivity index (χ3n) is 2.99. The summed E-state index contributed by atoms with van der Waals surface area (Å²) in [7, 11) is 0. The Bertz CT molecular complexity index is 224. The molecule has 0 N–H and O–H groups in total. The molecule has 0 aromatic carbocycles. The summed E-state index contributed by atoms with van der Waals surface area (Å²) in [5.41, 5.74) is -1.26. The van der Waals surface area contributed by atoms with Gasteiger partial charge in [-0.2, -0.15) is 8.78 Å². The molecule has 1 aliphatic rings. The van der Waals surface area contributed by atoms with Crippen LogP contribution in [-0.4, -0.2) is 11.7 Å². The molecule has 0 bridgehead atoms. The van der Waals surface area contributed by atoms with E-state index in [9.17, 15) is 13.6 Å². The lowest BCUT2D eigenvalue weighted by Crippen LogP contribution is -2.43. The topological polar surface area (TPSA) is 17.1 Å². The van der Waals surface area contributed by atoms with Crippen LogP contribution < -0.4 is 0 Å². The largest absolute Gasteiger partial charge is 0.309 e. The zero-order chi connectivity index (χ0) is 11.0. The molecule has 3 heteroatoms. The van der Waals surface area contributed by atoms with E-state index in [4.69, 9.17) is 0 Å². The Morgan fingerprint density at radius 2 is 1.79 bits per heavy atom. The minimum Gasteiger partial charge on any atom is -0.293 e. The third kappa shape index (κ3) is 2.12. The van der Waals surface area contributed by atoms with Gasteiger partial charge in [0.05, 0.1) is 0 Å². The minimum atomic E-state index is -3.18. The molecular formula is C11H18F2O. The van der Waals surface area contributed by atoms with Gasteiger partial charge in [-0.1, -0.05) is 40.0 Å². The molecule has 1 fully saturated rings. The van der Waals surface area contributed by atoms with Crippen LogP contribution in [0.5, 0.6) is 0 Å². The number of ketones is 1. The van der Waals surface area contributed by atoms with Gasteiger partial charge in [0.2, 0.25) is 5.78 Å². The average Bonchev–Trinajstić information content (AvgIpc) is 1.93. The third-order valence-corrected chi connectivity index (χ3v) is 2.99. The van der Waals surface area contributed by atoms with Crippen molar-refractivity contribution in [2.24, 2.45) is 11.3 Å². The molecule has 1 aliphatic carbocycles. The Kier molecular flexibility index (Phi) is 2.98. The van der Waals surface area contributed by atoms with Gasteiger partial charge in [0.25, 0.3) is 0 Å². The van der Waals surface area contributed by atoms with Gasteiger partial charge in [-0.3, -0.25) is 4.79 Å². The van der Waals surface area contributed by atoms with E-state index in [1.165, 1.54) is 20.8 Å². The average molecular weight is 204 g/mol. The zero-order valence-corrected chi connectivity index (χ0v) is 9.07. The van der Waals surface area contributed by atoms with Gasteiger partial charge in [-0.05, 0) is 5.92 Å². The number of hydrogen-bond donors (Lipinski definition) is 0. The highest BCUT2D eigenvalue weighted by Crippen LogP contribution is 2.40. The van der Waals surface area contributed by atoms with Crippen molar-refractivity contribution in [2.45, 2.75) is 52.4 Å². The van der Waals surface area contributed by atoms with E-state index >= 15 is 0 Å². The van der Waals surface area contributed by atoms with Crippen molar-refractivity contribution in [1.29, 1.82) is 0 Å². The van der Waals surface area contributed by atoms with Crippen LogP contribution in [0.25, 0.3) is 0 Å². The number of halogens is 2. The summed E-state index contributed by atoms with van der Waals surface area (Å²) in [5.74, 6) is -3.84. The SMILES string of the molecule is CC(C)(C)C(F)(F)C(=O)CC1CCC1. The summed E-state index contributed by atoms with van der Waals surface area (Å²) in [6, 6.07) is 0. The van der Waals surface area contributed by atoms with Crippen LogP contribution in [0, 0.1) is 11.3 Å². The first-order chi connectivity index (χ1) is 6.25. The maximum atomic E-state index is 13.5. The Balaban J connectivity index is 2.57. The number of carbonyl (C=O) groups excluding carboxylic acids is 1. The fraction of sp³-hybridized carbons (Fsp3) is 0.909. The fourth-order valence-electron chi connectivity index (χ4n) is 1.51. The molecule has 1 saturated carbocycles. The molecular weight excluding hydrogens is 186 g/mol. The first kappa shape index (κ1) is 11.6. The van der Waals surface area contributed by atoms with Crippen molar-refractivity contribution >= 4 is 5.78 Å². The van der Waals surface area contributed by atoms with Crippen LogP contribution in [-0.2, 0) is 4.79 Å². The summed E-state index contributed by atoms with van der Waals surface area (Å²) in [4.78, 5) is 11.4. The number of carbonyl (C=O) groups is 1. The number of rotatable bonds is 3. The van der Waals surface area contributed by atoms with Crippen molar-refractivity contribution in [3.63, 3.8) is 0 Å². The predicted molar refractivity (Wildman–Crippen MR) is 51.4 cm³/mol. The maximum Gasteiger partial charge on any atom is 0.309 e. The molecule has 0 aliphatic heterocycles. The molecule has 0 unspecified atom stereocenters. The molecule has 0 heterocycles. The first-order valence-electron chi connectivity index (χ1n) is 5.16. The Morgan fingerprint density at radius 3 is 2.07 bits per heavy atom. The fourth-order valence-corrected chi connectivity index (χ4v) is 1.51. The summed E-state index contributed by atoms with van der Waals surface area (Å²) in [6.07, 6.45) is 3.02. The normalized spacial score (nSPS) is 19.2. The van der Waals surface area contributed by atoms with Crippen molar-refractivity contribution in [3.05, 3.63) is 0 Å². The van der Waals surface area contributed by atoms with E-state index in [-0.39, 0.29) is 12.3 Å². The molecule has 0 aromatic heterocycles. The molecule has 0 saturated heterocycles. The molecule has 0 radical (unpaired) electrons. The molecule has 1 rings (SSSR count). The predicted octanol–water partition coefficient (Wildman–Crippen LogP) is 3.43. The van der Waals surface area contributed by atoms with Crippen LogP contribution in [0.2, 0.25) is 0 Å². The van der Waals surface area contributed by atoms with Crippen molar-refractivity contribution < 1.29 is 13.6 Å². The van der Waals surface area contributed by atoms with Gasteiger partial charge in [0.15, 0.2) is 0 Å². The smallest absolute Gasteiger partial charge is 0.293 e. The lowest BCUT2D eigenvalue weighted by molar-refractivity contribution is -0.161. The number of hydrogen-bond acceptors (Lipinski definition) is 1.